The number of aromatic hydroxyl groups is 1. The van der Waals surface area contributed by atoms with Crippen LogP contribution in [0.25, 0.3) is 0 Å². The molecule has 2 aromatic carbocycles. The molecule has 0 saturated heterocycles. The van der Waals surface area contributed by atoms with Crippen molar-refractivity contribution >= 4 is 41.4 Å². The Kier molecular flexibility index (Phi) is 9.45. The largest absolute Gasteiger partial charge is 0.505 e. The summed E-state index contributed by atoms with van der Waals surface area (Å²) in [6, 6.07) is 6.61. The SMILES string of the molecule is CCOc1cc([C@H]2NC(=O)NC(C)=C2C(=O)OC)ccc1OC[C@H](O)N/N=C\c1cc(Cl)c(O)c(Cl)c1. The zero-order valence-electron chi connectivity index (χ0n) is 20.2. The third kappa shape index (κ3) is 6.97. The minimum absolute atomic E-state index is 0.0677. The van der Waals surface area contributed by atoms with E-state index in [4.69, 9.17) is 37.4 Å². The summed E-state index contributed by atoms with van der Waals surface area (Å²) in [5.74, 6) is -0.139. The molecule has 2 atom stereocenters. The number of benzene rings is 2. The van der Waals surface area contributed by atoms with Crippen molar-refractivity contribution in [1.82, 2.24) is 16.1 Å². The van der Waals surface area contributed by atoms with Gasteiger partial charge in [0.1, 0.15) is 6.61 Å². The molecule has 0 fully saturated rings. The molecule has 0 aromatic heterocycles. The van der Waals surface area contributed by atoms with E-state index in [0.717, 1.165) is 0 Å². The van der Waals surface area contributed by atoms with Gasteiger partial charge < -0.3 is 35.1 Å². The molecule has 1 aliphatic rings. The minimum atomic E-state index is -1.19. The number of allylic oxidation sites excluding steroid dienone is 1. The second kappa shape index (κ2) is 12.5. The number of halogens is 2. The van der Waals surface area contributed by atoms with Crippen LogP contribution in [0.15, 0.2) is 46.7 Å². The van der Waals surface area contributed by atoms with Gasteiger partial charge in [-0.05, 0) is 49.2 Å². The number of amides is 2. The molecule has 37 heavy (non-hydrogen) atoms. The van der Waals surface area contributed by atoms with Gasteiger partial charge in [0.15, 0.2) is 23.5 Å². The zero-order chi connectivity index (χ0) is 27.1. The summed E-state index contributed by atoms with van der Waals surface area (Å²) in [5.41, 5.74) is 4.21. The van der Waals surface area contributed by atoms with Gasteiger partial charge in [0.05, 0.1) is 41.6 Å². The van der Waals surface area contributed by atoms with Crippen LogP contribution in [-0.2, 0) is 9.53 Å². The van der Waals surface area contributed by atoms with Crippen LogP contribution in [0.1, 0.15) is 31.0 Å². The Morgan fingerprint density at radius 3 is 2.57 bits per heavy atom. The van der Waals surface area contributed by atoms with Crippen LogP contribution in [0.5, 0.6) is 17.2 Å². The smallest absolute Gasteiger partial charge is 0.337 e. The van der Waals surface area contributed by atoms with E-state index in [2.05, 4.69) is 21.2 Å². The first kappa shape index (κ1) is 27.9. The van der Waals surface area contributed by atoms with E-state index in [1.165, 1.54) is 25.5 Å². The molecule has 2 aromatic rings. The number of nitrogens with one attached hydrogen (secondary N) is 3. The summed E-state index contributed by atoms with van der Waals surface area (Å²) in [7, 11) is 1.26. The molecule has 5 N–H and O–H groups in total. The monoisotopic (exact) mass is 552 g/mol. The molecule has 0 aliphatic carbocycles. The van der Waals surface area contributed by atoms with Crippen molar-refractivity contribution in [3.8, 4) is 17.2 Å². The van der Waals surface area contributed by atoms with Crippen LogP contribution >= 0.6 is 23.2 Å². The fourth-order valence-electron chi connectivity index (χ4n) is 3.48. The highest BCUT2D eigenvalue weighted by Crippen LogP contribution is 2.35. The maximum absolute atomic E-state index is 12.4. The molecular weight excluding hydrogens is 527 g/mol. The quantitative estimate of drug-likeness (QED) is 0.130. The number of ether oxygens (including phenoxy) is 3. The average molecular weight is 553 g/mol. The van der Waals surface area contributed by atoms with Crippen LogP contribution in [-0.4, -0.2) is 55.0 Å². The van der Waals surface area contributed by atoms with Gasteiger partial charge in [0.25, 0.3) is 0 Å². The number of carbonyl (C=O) groups is 2. The van der Waals surface area contributed by atoms with Crippen molar-refractivity contribution < 1.29 is 34.0 Å². The number of nitrogens with zero attached hydrogens (tertiary/aromatic N) is 1. The van der Waals surface area contributed by atoms with E-state index >= 15 is 0 Å². The van der Waals surface area contributed by atoms with Crippen LogP contribution < -0.4 is 25.5 Å². The number of urea groups is 1. The second-order valence-corrected chi connectivity index (χ2v) is 8.56. The van der Waals surface area contributed by atoms with Crippen molar-refractivity contribution in [2.45, 2.75) is 26.1 Å². The van der Waals surface area contributed by atoms with Gasteiger partial charge in [-0.2, -0.15) is 5.10 Å². The summed E-state index contributed by atoms with van der Waals surface area (Å²) >= 11 is 11.8. The average Bonchev–Trinajstić information content (AvgIpc) is 2.85. The molecule has 11 nitrogen and oxygen atoms in total. The summed E-state index contributed by atoms with van der Waals surface area (Å²) < 4.78 is 16.3. The van der Waals surface area contributed by atoms with Gasteiger partial charge in [-0.1, -0.05) is 29.3 Å². The van der Waals surface area contributed by atoms with Crippen LogP contribution in [0.3, 0.4) is 0 Å². The lowest BCUT2D eigenvalue weighted by Gasteiger charge is -2.28. The Labute approximate surface area is 223 Å². The van der Waals surface area contributed by atoms with Crippen molar-refractivity contribution in [3.63, 3.8) is 0 Å². The highest BCUT2D eigenvalue weighted by Gasteiger charge is 2.32. The molecule has 1 aliphatic heterocycles. The fraction of sp³-hybridized carbons (Fsp3) is 0.292. The maximum Gasteiger partial charge on any atom is 0.337 e. The lowest BCUT2D eigenvalue weighted by molar-refractivity contribution is -0.136. The molecule has 1 heterocycles. The van der Waals surface area contributed by atoms with Gasteiger partial charge in [-0.15, -0.1) is 0 Å². The predicted molar refractivity (Wildman–Crippen MR) is 137 cm³/mol. The summed E-state index contributed by atoms with van der Waals surface area (Å²) in [5, 5.41) is 29.1. The summed E-state index contributed by atoms with van der Waals surface area (Å²) in [6.45, 7) is 3.53. The highest BCUT2D eigenvalue weighted by atomic mass is 35.5. The Hall–Kier alpha value is -3.67. The van der Waals surface area contributed by atoms with E-state index in [1.807, 2.05) is 0 Å². The first-order valence-electron chi connectivity index (χ1n) is 11.0. The van der Waals surface area contributed by atoms with Gasteiger partial charge in [-0.25, -0.2) is 9.59 Å². The zero-order valence-corrected chi connectivity index (χ0v) is 21.7. The normalized spacial score (nSPS) is 16.2. The van der Waals surface area contributed by atoms with Gasteiger partial charge in [0, 0.05) is 5.70 Å². The predicted octanol–water partition coefficient (Wildman–Crippen LogP) is 3.22. The molecule has 0 bridgehead atoms. The first-order chi connectivity index (χ1) is 17.6. The topological polar surface area (TPSA) is 151 Å². The first-order valence-corrected chi connectivity index (χ1v) is 11.8. The molecule has 0 spiro atoms. The number of hydrogen-bond acceptors (Lipinski definition) is 9. The molecule has 0 saturated carbocycles. The van der Waals surface area contributed by atoms with Crippen molar-refractivity contribution in [3.05, 3.63) is 62.8 Å². The highest BCUT2D eigenvalue weighted by molar-refractivity contribution is 6.37. The van der Waals surface area contributed by atoms with Crippen LogP contribution in [0.2, 0.25) is 10.0 Å². The second-order valence-electron chi connectivity index (χ2n) is 7.75. The third-order valence-electron chi connectivity index (χ3n) is 5.15. The Morgan fingerprint density at radius 1 is 1.22 bits per heavy atom. The number of hydrogen-bond donors (Lipinski definition) is 5. The molecular formula is C24H26Cl2N4O7. The maximum atomic E-state index is 12.4. The minimum Gasteiger partial charge on any atom is -0.505 e. The standard InChI is InChI=1S/C24H26Cl2N4O7/c1-4-36-18-9-14(21-20(23(33)35-3)12(2)28-24(34)29-21)5-6-17(18)37-11-19(31)30-27-10-13-7-15(25)22(32)16(26)8-13/h5-10,19,21,30-32H,4,11H2,1-3H3,(H2,28,29,34)/b27-10-/t19-,21+/m0/s1. The van der Waals surface area contributed by atoms with E-state index < -0.39 is 24.3 Å². The summed E-state index contributed by atoms with van der Waals surface area (Å²) in [6.07, 6.45) is 0.177. The van der Waals surface area contributed by atoms with E-state index in [-0.39, 0.29) is 28.0 Å². The van der Waals surface area contributed by atoms with E-state index in [0.29, 0.717) is 34.9 Å². The number of hydrazone groups is 1. The number of aliphatic hydroxyl groups is 1. The lowest BCUT2D eigenvalue weighted by atomic mass is 9.95. The number of esters is 1. The number of phenolic OH excluding ortho intramolecular Hbond substituents is 1. The fourth-order valence-corrected chi connectivity index (χ4v) is 3.98. The Balaban J connectivity index is 1.71. The molecule has 3 rings (SSSR count). The van der Waals surface area contributed by atoms with Crippen LogP contribution in [0.4, 0.5) is 4.79 Å². The van der Waals surface area contributed by atoms with Crippen molar-refractivity contribution in [2.24, 2.45) is 5.10 Å². The molecule has 2 amide bonds. The number of methoxy groups -OCH3 is 1. The summed E-state index contributed by atoms with van der Waals surface area (Å²) in [4.78, 5) is 24.4. The molecule has 13 heteroatoms. The van der Waals surface area contributed by atoms with Crippen molar-refractivity contribution in [2.75, 3.05) is 20.3 Å². The lowest BCUT2D eigenvalue weighted by Crippen LogP contribution is -2.45. The number of aliphatic hydroxyl groups excluding tert-OH is 1. The third-order valence-corrected chi connectivity index (χ3v) is 5.72. The number of carbonyl (C=O) groups excluding carboxylic acids is 2. The van der Waals surface area contributed by atoms with Gasteiger partial charge >= 0.3 is 12.0 Å². The number of rotatable bonds is 10. The Bertz CT molecular complexity index is 1210. The Morgan fingerprint density at radius 2 is 1.92 bits per heavy atom. The van der Waals surface area contributed by atoms with Gasteiger partial charge in [0.2, 0.25) is 0 Å². The molecule has 0 unspecified atom stereocenters. The van der Waals surface area contributed by atoms with Gasteiger partial charge in [-0.3, -0.25) is 5.43 Å². The van der Waals surface area contributed by atoms with Crippen molar-refractivity contribution in [1.29, 1.82) is 0 Å². The van der Waals surface area contributed by atoms with E-state index in [1.54, 1.807) is 32.0 Å². The molecule has 0 radical (unpaired) electrons. The van der Waals surface area contributed by atoms with Crippen LogP contribution in [0, 0.1) is 0 Å². The van der Waals surface area contributed by atoms with E-state index in [9.17, 15) is 19.8 Å². The molecule has 198 valence electrons. The number of phenols is 1.